The third-order valence-electron chi connectivity index (χ3n) is 4.17. The molecule has 0 fully saturated rings. The number of hydrazone groups is 1. The van der Waals surface area contributed by atoms with E-state index < -0.39 is 21.2 Å². The van der Waals surface area contributed by atoms with Gasteiger partial charge in [-0.25, -0.2) is 5.43 Å². The molecule has 0 aliphatic heterocycles. The summed E-state index contributed by atoms with van der Waals surface area (Å²) in [7, 11) is 1.38. The Balaban J connectivity index is 1.78. The number of rotatable bonds is 8. The largest absolute Gasteiger partial charge is 0.493 e. The smallest absolute Gasteiger partial charge is 0.318 e. The van der Waals surface area contributed by atoms with Crippen LogP contribution in [0.2, 0.25) is 0 Å². The third-order valence-corrected chi connectivity index (χ3v) is 4.17. The summed E-state index contributed by atoms with van der Waals surface area (Å²) in [5, 5.41) is 26.1. The van der Waals surface area contributed by atoms with Crippen LogP contribution in [0.15, 0.2) is 71.8 Å². The van der Waals surface area contributed by atoms with Gasteiger partial charge in [-0.2, -0.15) is 5.10 Å². The molecule has 0 saturated carbocycles. The number of methoxy groups -OCH3 is 1. The lowest BCUT2D eigenvalue weighted by molar-refractivity contribution is -0.394. The second-order valence-electron chi connectivity index (χ2n) is 6.24. The van der Waals surface area contributed by atoms with E-state index in [2.05, 4.69) is 10.5 Å². The van der Waals surface area contributed by atoms with Crippen LogP contribution >= 0.6 is 0 Å². The van der Waals surface area contributed by atoms with Crippen LogP contribution < -0.4 is 14.9 Å². The van der Waals surface area contributed by atoms with Gasteiger partial charge < -0.3 is 9.47 Å². The van der Waals surface area contributed by atoms with E-state index in [1.807, 2.05) is 0 Å². The first-order chi connectivity index (χ1) is 15.4. The van der Waals surface area contributed by atoms with E-state index in [0.29, 0.717) is 11.1 Å². The highest BCUT2D eigenvalue weighted by atomic mass is 16.6. The molecule has 0 aliphatic carbocycles. The maximum Gasteiger partial charge on any atom is 0.318 e. The summed E-state index contributed by atoms with van der Waals surface area (Å²) in [6.45, 7) is 0. The zero-order valence-electron chi connectivity index (χ0n) is 16.6. The normalized spacial score (nSPS) is 10.5. The average Bonchev–Trinajstić information content (AvgIpc) is 2.80. The van der Waals surface area contributed by atoms with E-state index in [-0.39, 0.29) is 23.2 Å². The first-order valence-corrected chi connectivity index (χ1v) is 9.06. The van der Waals surface area contributed by atoms with Crippen LogP contribution in [0.1, 0.15) is 15.9 Å². The van der Waals surface area contributed by atoms with Crippen LogP contribution in [-0.4, -0.2) is 29.1 Å². The topological polar surface area (TPSA) is 146 Å². The van der Waals surface area contributed by atoms with Crippen molar-refractivity contribution in [3.8, 4) is 17.2 Å². The number of non-ortho nitro benzene ring substituents is 1. The van der Waals surface area contributed by atoms with Crippen molar-refractivity contribution in [2.24, 2.45) is 5.10 Å². The second kappa shape index (κ2) is 9.80. The summed E-state index contributed by atoms with van der Waals surface area (Å²) in [4.78, 5) is 32.7. The van der Waals surface area contributed by atoms with Crippen LogP contribution in [0.5, 0.6) is 17.2 Å². The summed E-state index contributed by atoms with van der Waals surface area (Å²) in [6, 6.07) is 16.3. The molecule has 11 heteroatoms. The quantitative estimate of drug-likeness (QED) is 0.318. The number of amides is 1. The average molecular weight is 436 g/mol. The Kier molecular flexibility index (Phi) is 6.71. The number of hydrogen-bond acceptors (Lipinski definition) is 8. The SMILES string of the molecule is COc1cc(/C=N/NC(=O)c2ccccc2)ccc1Oc1ccc([N+](=O)[O-])cc1[N+](=O)[O-]. The Morgan fingerprint density at radius 2 is 1.66 bits per heavy atom. The molecule has 0 heterocycles. The second-order valence-corrected chi connectivity index (χ2v) is 6.24. The fourth-order valence-electron chi connectivity index (χ4n) is 2.64. The molecule has 11 nitrogen and oxygen atoms in total. The molecular formula is C21H16N4O7. The first kappa shape index (κ1) is 21.9. The van der Waals surface area contributed by atoms with Crippen molar-refractivity contribution in [3.05, 3.63) is 98.1 Å². The highest BCUT2D eigenvalue weighted by Crippen LogP contribution is 2.38. The number of carbonyl (C=O) groups is 1. The number of nitro groups is 2. The Labute approximate surface area is 181 Å². The minimum atomic E-state index is -0.773. The number of nitrogens with zero attached hydrogens (tertiary/aromatic N) is 3. The molecule has 0 spiro atoms. The lowest BCUT2D eigenvalue weighted by Crippen LogP contribution is -2.17. The molecule has 0 unspecified atom stereocenters. The lowest BCUT2D eigenvalue weighted by atomic mass is 10.2. The van der Waals surface area contributed by atoms with Crippen LogP contribution in [0.3, 0.4) is 0 Å². The zero-order valence-corrected chi connectivity index (χ0v) is 16.6. The van der Waals surface area contributed by atoms with E-state index in [4.69, 9.17) is 9.47 Å². The summed E-state index contributed by atoms with van der Waals surface area (Å²) < 4.78 is 10.8. The molecule has 0 bridgehead atoms. The number of carbonyl (C=O) groups excluding carboxylic acids is 1. The summed E-state index contributed by atoms with van der Waals surface area (Å²) in [5.41, 5.74) is 2.42. The maximum atomic E-state index is 12.0. The lowest BCUT2D eigenvalue weighted by Gasteiger charge is -2.11. The van der Waals surface area contributed by atoms with Crippen molar-refractivity contribution in [1.29, 1.82) is 0 Å². The molecule has 0 saturated heterocycles. The number of hydrogen-bond donors (Lipinski definition) is 1. The molecule has 0 atom stereocenters. The molecule has 0 aliphatic rings. The van der Waals surface area contributed by atoms with Crippen molar-refractivity contribution in [2.75, 3.05) is 7.11 Å². The third kappa shape index (κ3) is 5.21. The number of nitrogens with one attached hydrogen (secondary N) is 1. The number of nitro benzene ring substituents is 2. The van der Waals surface area contributed by atoms with Gasteiger partial charge in [-0.1, -0.05) is 18.2 Å². The van der Waals surface area contributed by atoms with Gasteiger partial charge in [0.05, 0.1) is 29.2 Å². The van der Waals surface area contributed by atoms with E-state index in [9.17, 15) is 25.0 Å². The van der Waals surface area contributed by atoms with Crippen molar-refractivity contribution in [1.82, 2.24) is 5.43 Å². The molecule has 162 valence electrons. The molecule has 3 rings (SSSR count). The van der Waals surface area contributed by atoms with Gasteiger partial charge in [0.2, 0.25) is 5.75 Å². The molecule has 1 amide bonds. The molecule has 32 heavy (non-hydrogen) atoms. The highest BCUT2D eigenvalue weighted by molar-refractivity contribution is 5.94. The van der Waals surface area contributed by atoms with Crippen LogP contribution in [0.4, 0.5) is 11.4 Å². The minimum absolute atomic E-state index is 0.148. The van der Waals surface area contributed by atoms with Gasteiger partial charge in [-0.05, 0) is 42.0 Å². The zero-order chi connectivity index (χ0) is 23.1. The molecule has 0 radical (unpaired) electrons. The fourth-order valence-corrected chi connectivity index (χ4v) is 2.64. The van der Waals surface area contributed by atoms with Crippen LogP contribution in [0.25, 0.3) is 0 Å². The van der Waals surface area contributed by atoms with Crippen molar-refractivity contribution < 1.29 is 24.1 Å². The van der Waals surface area contributed by atoms with Gasteiger partial charge in [0.1, 0.15) is 0 Å². The monoisotopic (exact) mass is 436 g/mol. The molecule has 1 N–H and O–H groups in total. The number of ether oxygens (including phenoxy) is 2. The highest BCUT2D eigenvalue weighted by Gasteiger charge is 2.22. The van der Waals surface area contributed by atoms with Gasteiger partial charge >= 0.3 is 5.69 Å². The van der Waals surface area contributed by atoms with E-state index >= 15 is 0 Å². The fraction of sp³-hybridized carbons (Fsp3) is 0.0476. The minimum Gasteiger partial charge on any atom is -0.493 e. The molecule has 3 aromatic carbocycles. The summed E-state index contributed by atoms with van der Waals surface area (Å²) in [6.07, 6.45) is 1.39. The summed E-state index contributed by atoms with van der Waals surface area (Å²) >= 11 is 0. The van der Waals surface area contributed by atoms with Crippen LogP contribution in [0, 0.1) is 20.2 Å². The van der Waals surface area contributed by atoms with Gasteiger partial charge in [0, 0.05) is 11.6 Å². The first-order valence-electron chi connectivity index (χ1n) is 9.06. The Morgan fingerprint density at radius 1 is 0.938 bits per heavy atom. The van der Waals surface area contributed by atoms with Crippen molar-refractivity contribution in [3.63, 3.8) is 0 Å². The van der Waals surface area contributed by atoms with E-state index in [0.717, 1.165) is 18.2 Å². The van der Waals surface area contributed by atoms with E-state index in [1.165, 1.54) is 19.4 Å². The Bertz CT molecular complexity index is 1200. The van der Waals surface area contributed by atoms with E-state index in [1.54, 1.807) is 42.5 Å². The van der Waals surface area contributed by atoms with Gasteiger partial charge in [0.15, 0.2) is 11.5 Å². The van der Waals surface area contributed by atoms with Gasteiger partial charge in [0.25, 0.3) is 11.6 Å². The Morgan fingerprint density at radius 3 is 2.31 bits per heavy atom. The van der Waals surface area contributed by atoms with Gasteiger partial charge in [-0.3, -0.25) is 25.0 Å². The Hall–Kier alpha value is -4.80. The molecular weight excluding hydrogens is 420 g/mol. The van der Waals surface area contributed by atoms with Crippen molar-refractivity contribution >= 4 is 23.5 Å². The maximum absolute atomic E-state index is 12.0. The van der Waals surface area contributed by atoms with Gasteiger partial charge in [-0.15, -0.1) is 0 Å². The number of benzene rings is 3. The predicted octanol–water partition coefficient (Wildman–Crippen LogP) is 4.07. The standard InChI is InChI=1S/C21H16N4O7/c1-31-20-11-14(13-22-23-21(26)15-5-3-2-4-6-15)7-9-19(20)32-18-10-8-16(24(27)28)12-17(18)25(29)30/h2-13H,1H3,(H,23,26)/b22-13+. The van der Waals surface area contributed by atoms with Crippen LogP contribution in [-0.2, 0) is 0 Å². The summed E-state index contributed by atoms with van der Waals surface area (Å²) in [5.74, 6) is -0.180. The molecule has 3 aromatic rings. The van der Waals surface area contributed by atoms with Crippen molar-refractivity contribution in [2.45, 2.75) is 0 Å². The predicted molar refractivity (Wildman–Crippen MR) is 114 cm³/mol. The molecule has 0 aromatic heterocycles.